The van der Waals surface area contributed by atoms with Gasteiger partial charge in [-0.3, -0.25) is 4.90 Å². The quantitative estimate of drug-likeness (QED) is 0.923. The average Bonchev–Trinajstić information content (AvgIpc) is 2.96. The van der Waals surface area contributed by atoms with E-state index in [0.717, 1.165) is 44.7 Å². The van der Waals surface area contributed by atoms with Crippen LogP contribution in [0.15, 0.2) is 24.3 Å². The van der Waals surface area contributed by atoms with Crippen molar-refractivity contribution in [3.05, 3.63) is 29.8 Å². The minimum Gasteiger partial charge on any atom is -0.494 e. The third kappa shape index (κ3) is 3.07. The van der Waals surface area contributed by atoms with Gasteiger partial charge in [-0.05, 0) is 32.3 Å². The number of hydrogen-bond donors (Lipinski definition) is 1. The minimum absolute atomic E-state index is 0.268. The molecule has 2 aliphatic rings. The highest BCUT2D eigenvalue weighted by Gasteiger charge is 2.45. The third-order valence-corrected chi connectivity index (χ3v) is 4.69. The Balaban J connectivity index is 1.64. The molecule has 0 aliphatic carbocycles. The molecule has 2 atom stereocenters. The number of nitrogens with zero attached hydrogens (tertiary/aromatic N) is 1. The average molecular weight is 291 g/mol. The number of β-amino-alcohol motifs (C(OH)–C–C–N with tert-alkyl or cyclic N) is 1. The Bertz CT molecular complexity index is 471. The van der Waals surface area contributed by atoms with Crippen LogP contribution in [-0.2, 0) is 11.3 Å². The lowest BCUT2D eigenvalue weighted by Crippen LogP contribution is -2.54. The van der Waals surface area contributed by atoms with Crippen molar-refractivity contribution in [2.24, 2.45) is 0 Å². The van der Waals surface area contributed by atoms with Crippen LogP contribution < -0.4 is 4.74 Å². The van der Waals surface area contributed by atoms with Gasteiger partial charge >= 0.3 is 0 Å². The molecule has 2 saturated heterocycles. The van der Waals surface area contributed by atoms with Gasteiger partial charge in [-0.25, -0.2) is 0 Å². The molecule has 0 bridgehead atoms. The van der Waals surface area contributed by atoms with Crippen molar-refractivity contribution >= 4 is 0 Å². The van der Waals surface area contributed by atoms with Crippen LogP contribution in [0.25, 0.3) is 0 Å². The number of ether oxygens (including phenoxy) is 2. The van der Waals surface area contributed by atoms with Gasteiger partial charge in [-0.2, -0.15) is 0 Å². The molecule has 2 fully saturated rings. The lowest BCUT2D eigenvalue weighted by molar-refractivity contribution is -0.130. The first-order valence-electron chi connectivity index (χ1n) is 7.98. The monoisotopic (exact) mass is 291 g/mol. The molecule has 0 saturated carbocycles. The van der Waals surface area contributed by atoms with Crippen molar-refractivity contribution < 1.29 is 14.6 Å². The van der Waals surface area contributed by atoms with Crippen LogP contribution >= 0.6 is 0 Å². The summed E-state index contributed by atoms with van der Waals surface area (Å²) in [5, 5.41) is 10.5. The fourth-order valence-corrected chi connectivity index (χ4v) is 3.51. The molecule has 2 aliphatic heterocycles. The third-order valence-electron chi connectivity index (χ3n) is 4.69. The molecule has 21 heavy (non-hydrogen) atoms. The maximum atomic E-state index is 10.5. The molecule has 1 N–H and O–H groups in total. The van der Waals surface area contributed by atoms with Crippen LogP contribution in [-0.4, -0.2) is 48.0 Å². The highest BCUT2D eigenvalue weighted by molar-refractivity contribution is 5.33. The van der Waals surface area contributed by atoms with E-state index in [4.69, 9.17) is 9.47 Å². The van der Waals surface area contributed by atoms with Crippen molar-refractivity contribution in [2.45, 2.75) is 44.4 Å². The van der Waals surface area contributed by atoms with E-state index in [2.05, 4.69) is 11.0 Å². The molecule has 0 aromatic heterocycles. The molecule has 0 unspecified atom stereocenters. The summed E-state index contributed by atoms with van der Waals surface area (Å²) in [7, 11) is 0. The highest BCUT2D eigenvalue weighted by Crippen LogP contribution is 2.36. The van der Waals surface area contributed by atoms with Crippen LogP contribution in [0.5, 0.6) is 5.75 Å². The highest BCUT2D eigenvalue weighted by atomic mass is 16.5. The van der Waals surface area contributed by atoms with Crippen LogP contribution in [0, 0.1) is 0 Å². The van der Waals surface area contributed by atoms with Crippen molar-refractivity contribution in [1.29, 1.82) is 0 Å². The first-order valence-corrected chi connectivity index (χ1v) is 7.98. The van der Waals surface area contributed by atoms with Gasteiger partial charge in [0.25, 0.3) is 0 Å². The van der Waals surface area contributed by atoms with Crippen molar-refractivity contribution in [1.82, 2.24) is 4.90 Å². The summed E-state index contributed by atoms with van der Waals surface area (Å²) in [6, 6.07) is 8.16. The van der Waals surface area contributed by atoms with E-state index in [9.17, 15) is 5.11 Å². The molecule has 1 aromatic carbocycles. The van der Waals surface area contributed by atoms with E-state index in [0.29, 0.717) is 13.2 Å². The zero-order chi connectivity index (χ0) is 14.7. The number of likely N-dealkylation sites (tertiary alicyclic amines) is 1. The van der Waals surface area contributed by atoms with Crippen LogP contribution in [0.4, 0.5) is 0 Å². The smallest absolute Gasteiger partial charge is 0.123 e. The Morgan fingerprint density at radius 3 is 2.95 bits per heavy atom. The van der Waals surface area contributed by atoms with Crippen molar-refractivity contribution in [3.63, 3.8) is 0 Å². The van der Waals surface area contributed by atoms with Gasteiger partial charge in [0, 0.05) is 31.8 Å². The number of aliphatic hydroxyl groups excluding tert-OH is 1. The second-order valence-electron chi connectivity index (χ2n) is 6.06. The maximum Gasteiger partial charge on any atom is 0.123 e. The molecule has 1 aromatic rings. The molecule has 1 spiro atoms. The van der Waals surface area contributed by atoms with Crippen molar-refractivity contribution in [3.8, 4) is 5.75 Å². The molecular weight excluding hydrogens is 266 g/mol. The van der Waals surface area contributed by atoms with Gasteiger partial charge in [0.2, 0.25) is 0 Å². The van der Waals surface area contributed by atoms with Crippen molar-refractivity contribution in [2.75, 3.05) is 26.3 Å². The Morgan fingerprint density at radius 1 is 1.38 bits per heavy atom. The van der Waals surface area contributed by atoms with Crippen LogP contribution in [0.2, 0.25) is 0 Å². The van der Waals surface area contributed by atoms with Gasteiger partial charge in [-0.1, -0.05) is 18.2 Å². The molecule has 2 heterocycles. The topological polar surface area (TPSA) is 41.9 Å². The van der Waals surface area contributed by atoms with E-state index < -0.39 is 0 Å². The minimum atomic E-state index is -0.381. The fraction of sp³-hybridized carbons (Fsp3) is 0.647. The Hall–Kier alpha value is -1.10. The molecular formula is C17H25NO3. The van der Waals surface area contributed by atoms with Gasteiger partial charge in [0.15, 0.2) is 0 Å². The number of benzene rings is 1. The number of rotatable bonds is 4. The Kier molecular flexibility index (Phi) is 4.48. The van der Waals surface area contributed by atoms with Gasteiger partial charge in [0.1, 0.15) is 5.75 Å². The number of aliphatic hydroxyl groups is 1. The molecule has 116 valence electrons. The molecule has 4 nitrogen and oxygen atoms in total. The van der Waals surface area contributed by atoms with Crippen LogP contribution in [0.3, 0.4) is 0 Å². The fourth-order valence-electron chi connectivity index (χ4n) is 3.51. The molecule has 0 radical (unpaired) electrons. The summed E-state index contributed by atoms with van der Waals surface area (Å²) in [6.45, 7) is 5.95. The van der Waals surface area contributed by atoms with Crippen LogP contribution in [0.1, 0.15) is 31.7 Å². The molecule has 4 heteroatoms. The van der Waals surface area contributed by atoms with E-state index >= 15 is 0 Å². The second-order valence-corrected chi connectivity index (χ2v) is 6.06. The zero-order valence-corrected chi connectivity index (χ0v) is 12.8. The maximum absolute atomic E-state index is 10.5. The lowest BCUT2D eigenvalue weighted by atomic mass is 9.86. The second kappa shape index (κ2) is 6.34. The summed E-state index contributed by atoms with van der Waals surface area (Å²) < 4.78 is 11.5. The number of piperidine rings is 1. The zero-order valence-electron chi connectivity index (χ0n) is 12.8. The standard InChI is InChI=1S/C17H25NO3/c1-2-20-15-7-4-3-6-14(15)12-18-10-9-17(16(19)13-18)8-5-11-21-17/h3-4,6-7,16,19H,2,5,8-13H2,1H3/t16-,17-/m0/s1. The van der Waals surface area contributed by atoms with E-state index in [1.54, 1.807) is 0 Å². The first-order chi connectivity index (χ1) is 10.2. The van der Waals surface area contributed by atoms with E-state index in [1.165, 1.54) is 5.56 Å². The predicted molar refractivity (Wildman–Crippen MR) is 81.4 cm³/mol. The largest absolute Gasteiger partial charge is 0.494 e. The lowest BCUT2D eigenvalue weighted by Gasteiger charge is -2.42. The number of hydrogen-bond acceptors (Lipinski definition) is 4. The van der Waals surface area contributed by atoms with E-state index in [-0.39, 0.29) is 11.7 Å². The Labute approximate surface area is 126 Å². The Morgan fingerprint density at radius 2 is 2.24 bits per heavy atom. The molecule has 3 rings (SSSR count). The first kappa shape index (κ1) is 14.8. The normalized spacial score (nSPS) is 29.9. The number of para-hydroxylation sites is 1. The van der Waals surface area contributed by atoms with E-state index in [1.807, 2.05) is 25.1 Å². The van der Waals surface area contributed by atoms with Gasteiger partial charge < -0.3 is 14.6 Å². The molecule has 0 amide bonds. The summed E-state index contributed by atoms with van der Waals surface area (Å²) in [5.74, 6) is 0.951. The van der Waals surface area contributed by atoms with Gasteiger partial charge in [-0.15, -0.1) is 0 Å². The SMILES string of the molecule is CCOc1ccccc1CN1CC[C@@]2(CCCO2)[C@@H](O)C1. The summed E-state index contributed by atoms with van der Waals surface area (Å²) in [4.78, 5) is 2.30. The van der Waals surface area contributed by atoms with Gasteiger partial charge in [0.05, 0.1) is 18.3 Å². The summed E-state index contributed by atoms with van der Waals surface area (Å²) >= 11 is 0. The summed E-state index contributed by atoms with van der Waals surface area (Å²) in [5.41, 5.74) is 0.922. The predicted octanol–water partition coefficient (Wildman–Crippen LogP) is 2.20. The summed E-state index contributed by atoms with van der Waals surface area (Å²) in [6.07, 6.45) is 2.61.